The van der Waals surface area contributed by atoms with Crippen molar-refractivity contribution in [3.63, 3.8) is 0 Å². The fraction of sp³-hybridized carbons (Fsp3) is 0.250. The van der Waals surface area contributed by atoms with Crippen molar-refractivity contribution in [2.75, 3.05) is 19.0 Å². The minimum atomic E-state index is -0.442. The second kappa shape index (κ2) is 4.26. The summed E-state index contributed by atoms with van der Waals surface area (Å²) in [7, 11) is 1.81. The molecule has 0 fully saturated rings. The highest BCUT2D eigenvalue weighted by atomic mass is 16.5. The van der Waals surface area contributed by atoms with E-state index in [-0.39, 0.29) is 5.75 Å². The van der Waals surface area contributed by atoms with Crippen molar-refractivity contribution in [1.82, 2.24) is 0 Å². The number of nitrogens with one attached hydrogen (secondary N) is 1. The van der Waals surface area contributed by atoms with E-state index in [9.17, 15) is 4.79 Å². The number of anilines is 1. The van der Waals surface area contributed by atoms with Gasteiger partial charge in [0.05, 0.1) is 6.61 Å². The fourth-order valence-electron chi connectivity index (χ4n) is 1.50. The van der Waals surface area contributed by atoms with E-state index in [1.54, 1.807) is 12.1 Å². The number of hydrogen-bond acceptors (Lipinski definition) is 4. The van der Waals surface area contributed by atoms with E-state index < -0.39 is 5.63 Å². The summed E-state index contributed by atoms with van der Waals surface area (Å²) in [6.45, 7) is 2.28. The molecule has 16 heavy (non-hydrogen) atoms. The summed E-state index contributed by atoms with van der Waals surface area (Å²) in [6, 6.07) is 7.28. The molecule has 4 heteroatoms. The Labute approximate surface area is 92.8 Å². The van der Waals surface area contributed by atoms with E-state index in [1.165, 1.54) is 0 Å². The van der Waals surface area contributed by atoms with Crippen LogP contribution < -0.4 is 15.7 Å². The first-order valence-corrected chi connectivity index (χ1v) is 5.13. The zero-order chi connectivity index (χ0) is 11.5. The summed E-state index contributed by atoms with van der Waals surface area (Å²) >= 11 is 0. The SMILES string of the molecule is CCOc1cc2ccc(NC)cc2oc1=O. The van der Waals surface area contributed by atoms with Gasteiger partial charge < -0.3 is 14.5 Å². The van der Waals surface area contributed by atoms with Gasteiger partial charge in [-0.3, -0.25) is 0 Å². The minimum absolute atomic E-state index is 0.257. The largest absolute Gasteiger partial charge is 0.487 e. The first kappa shape index (κ1) is 10.5. The number of hydrogen-bond donors (Lipinski definition) is 1. The van der Waals surface area contributed by atoms with Gasteiger partial charge in [0.1, 0.15) is 5.58 Å². The molecule has 1 aromatic heterocycles. The molecule has 0 atom stereocenters. The van der Waals surface area contributed by atoms with Crippen molar-refractivity contribution in [2.24, 2.45) is 0 Å². The molecule has 2 rings (SSSR count). The monoisotopic (exact) mass is 219 g/mol. The lowest BCUT2D eigenvalue weighted by molar-refractivity contribution is 0.322. The first-order chi connectivity index (χ1) is 7.74. The van der Waals surface area contributed by atoms with Gasteiger partial charge in [-0.05, 0) is 25.1 Å². The van der Waals surface area contributed by atoms with Gasteiger partial charge in [-0.1, -0.05) is 0 Å². The predicted molar refractivity (Wildman–Crippen MR) is 63.2 cm³/mol. The van der Waals surface area contributed by atoms with E-state index in [1.807, 2.05) is 26.1 Å². The molecule has 4 nitrogen and oxygen atoms in total. The molecule has 84 valence electrons. The van der Waals surface area contributed by atoms with Crippen LogP contribution >= 0.6 is 0 Å². The molecule has 0 aliphatic rings. The Hall–Kier alpha value is -1.97. The summed E-state index contributed by atoms with van der Waals surface area (Å²) in [5.74, 6) is 0.257. The molecule has 1 N–H and O–H groups in total. The van der Waals surface area contributed by atoms with Gasteiger partial charge in [-0.15, -0.1) is 0 Å². The molecule has 2 aromatic rings. The Morgan fingerprint density at radius 2 is 2.19 bits per heavy atom. The molecule has 0 aliphatic carbocycles. The van der Waals surface area contributed by atoms with E-state index >= 15 is 0 Å². The Bertz CT molecular complexity index is 560. The molecule has 0 amide bonds. The predicted octanol–water partition coefficient (Wildman–Crippen LogP) is 2.23. The summed E-state index contributed by atoms with van der Waals surface area (Å²) < 4.78 is 10.3. The van der Waals surface area contributed by atoms with Crippen LogP contribution in [0.5, 0.6) is 5.75 Å². The lowest BCUT2D eigenvalue weighted by Gasteiger charge is -2.04. The Morgan fingerprint density at radius 1 is 1.38 bits per heavy atom. The minimum Gasteiger partial charge on any atom is -0.487 e. The maximum absolute atomic E-state index is 11.5. The Morgan fingerprint density at radius 3 is 2.88 bits per heavy atom. The average Bonchev–Trinajstić information content (AvgIpc) is 2.30. The molecule has 0 bridgehead atoms. The normalized spacial score (nSPS) is 10.4. The molecular weight excluding hydrogens is 206 g/mol. The van der Waals surface area contributed by atoms with Crippen LogP contribution in [0.25, 0.3) is 11.0 Å². The summed E-state index contributed by atoms with van der Waals surface area (Å²) in [6.07, 6.45) is 0. The lowest BCUT2D eigenvalue weighted by atomic mass is 10.2. The van der Waals surface area contributed by atoms with Gasteiger partial charge in [0.15, 0.2) is 0 Å². The van der Waals surface area contributed by atoms with E-state index in [0.717, 1.165) is 11.1 Å². The Balaban J connectivity index is 2.59. The lowest BCUT2D eigenvalue weighted by Crippen LogP contribution is -2.06. The number of fused-ring (bicyclic) bond motifs is 1. The van der Waals surface area contributed by atoms with Crippen LogP contribution in [0.2, 0.25) is 0 Å². The molecule has 0 radical (unpaired) electrons. The van der Waals surface area contributed by atoms with Crippen LogP contribution in [-0.2, 0) is 0 Å². The second-order valence-electron chi connectivity index (χ2n) is 3.33. The molecule has 0 spiro atoms. The highest BCUT2D eigenvalue weighted by Crippen LogP contribution is 2.20. The van der Waals surface area contributed by atoms with Crippen LogP contribution in [0, 0.1) is 0 Å². The standard InChI is InChI=1S/C12H13NO3/c1-3-15-11-6-8-4-5-9(13-2)7-10(8)16-12(11)14/h4-7,13H,3H2,1-2H3. The van der Waals surface area contributed by atoms with Crippen LogP contribution in [0.1, 0.15) is 6.92 Å². The van der Waals surface area contributed by atoms with Crippen molar-refractivity contribution in [2.45, 2.75) is 6.92 Å². The molecule has 0 unspecified atom stereocenters. The molecule has 0 saturated heterocycles. The topological polar surface area (TPSA) is 51.5 Å². The third kappa shape index (κ3) is 1.86. The summed E-state index contributed by atoms with van der Waals surface area (Å²) in [4.78, 5) is 11.5. The Kier molecular flexibility index (Phi) is 2.81. The number of benzene rings is 1. The zero-order valence-electron chi connectivity index (χ0n) is 9.24. The quantitative estimate of drug-likeness (QED) is 0.804. The van der Waals surface area contributed by atoms with Crippen molar-refractivity contribution in [3.8, 4) is 5.75 Å². The zero-order valence-corrected chi connectivity index (χ0v) is 9.24. The summed E-state index contributed by atoms with van der Waals surface area (Å²) in [5, 5.41) is 3.83. The molecule has 0 saturated carbocycles. The van der Waals surface area contributed by atoms with E-state index in [0.29, 0.717) is 12.2 Å². The summed E-state index contributed by atoms with van der Waals surface area (Å²) in [5.41, 5.74) is 1.02. The highest BCUT2D eigenvalue weighted by Gasteiger charge is 2.05. The number of rotatable bonds is 3. The van der Waals surface area contributed by atoms with Gasteiger partial charge in [0, 0.05) is 24.2 Å². The fourth-order valence-corrected chi connectivity index (χ4v) is 1.50. The third-order valence-corrected chi connectivity index (χ3v) is 2.29. The van der Waals surface area contributed by atoms with Gasteiger partial charge in [-0.2, -0.15) is 0 Å². The van der Waals surface area contributed by atoms with Crippen molar-refractivity contribution >= 4 is 16.7 Å². The van der Waals surface area contributed by atoms with Crippen molar-refractivity contribution in [3.05, 3.63) is 34.7 Å². The molecule has 0 aliphatic heterocycles. The molecule has 1 aromatic carbocycles. The first-order valence-electron chi connectivity index (χ1n) is 5.13. The van der Waals surface area contributed by atoms with Crippen LogP contribution in [0.4, 0.5) is 5.69 Å². The molecule has 1 heterocycles. The van der Waals surface area contributed by atoms with Gasteiger partial charge in [0.2, 0.25) is 5.75 Å². The average molecular weight is 219 g/mol. The van der Waals surface area contributed by atoms with Crippen molar-refractivity contribution in [1.29, 1.82) is 0 Å². The molecular formula is C12H13NO3. The third-order valence-electron chi connectivity index (χ3n) is 2.29. The van der Waals surface area contributed by atoms with Gasteiger partial charge >= 0.3 is 5.63 Å². The van der Waals surface area contributed by atoms with Crippen LogP contribution in [-0.4, -0.2) is 13.7 Å². The number of ether oxygens (including phenoxy) is 1. The van der Waals surface area contributed by atoms with Crippen LogP contribution in [0.15, 0.2) is 33.5 Å². The van der Waals surface area contributed by atoms with Gasteiger partial charge in [-0.25, -0.2) is 4.79 Å². The highest BCUT2D eigenvalue weighted by molar-refractivity contribution is 5.81. The maximum atomic E-state index is 11.5. The maximum Gasteiger partial charge on any atom is 0.379 e. The smallest absolute Gasteiger partial charge is 0.379 e. The van der Waals surface area contributed by atoms with Gasteiger partial charge in [0.25, 0.3) is 0 Å². The van der Waals surface area contributed by atoms with Crippen molar-refractivity contribution < 1.29 is 9.15 Å². The van der Waals surface area contributed by atoms with E-state index in [4.69, 9.17) is 9.15 Å². The van der Waals surface area contributed by atoms with E-state index in [2.05, 4.69) is 5.32 Å². The second-order valence-corrected chi connectivity index (χ2v) is 3.33. The van der Waals surface area contributed by atoms with Crippen LogP contribution in [0.3, 0.4) is 0 Å².